The molecule has 0 amide bonds. The Morgan fingerprint density at radius 2 is 2.06 bits per heavy atom. The molecule has 0 saturated heterocycles. The topological polar surface area (TPSA) is 98.0 Å². The van der Waals surface area contributed by atoms with E-state index in [2.05, 4.69) is 14.9 Å². The molecule has 0 aliphatic carbocycles. The van der Waals surface area contributed by atoms with Crippen molar-refractivity contribution in [3.63, 3.8) is 0 Å². The number of sulfonamides is 1. The number of nitrogens with two attached hydrogens (primary N) is 1. The highest BCUT2D eigenvalue weighted by atomic mass is 32.2. The number of rotatable bonds is 4. The van der Waals surface area contributed by atoms with Crippen molar-refractivity contribution in [2.24, 2.45) is 0 Å². The molecule has 0 bridgehead atoms. The van der Waals surface area contributed by atoms with Gasteiger partial charge in [-0.05, 0) is 19.1 Å². The molecule has 0 atom stereocenters. The molecule has 0 radical (unpaired) electrons. The molecule has 18 heavy (non-hydrogen) atoms. The van der Waals surface area contributed by atoms with Gasteiger partial charge in [0.25, 0.3) is 0 Å². The lowest BCUT2D eigenvalue weighted by molar-refractivity contribution is 0.602. The lowest BCUT2D eigenvalue weighted by Crippen LogP contribution is -2.14. The van der Waals surface area contributed by atoms with Gasteiger partial charge >= 0.3 is 0 Å². The maximum atomic E-state index is 11.4. The Labute approximate surface area is 109 Å². The summed E-state index contributed by atoms with van der Waals surface area (Å²) in [5.41, 5.74) is 7.14. The van der Waals surface area contributed by atoms with E-state index in [0.717, 1.165) is 16.9 Å². The molecule has 2 aromatic rings. The Morgan fingerprint density at radius 3 is 2.72 bits per heavy atom. The van der Waals surface area contributed by atoms with Gasteiger partial charge in [0.05, 0.1) is 5.75 Å². The van der Waals surface area contributed by atoms with Gasteiger partial charge in [0, 0.05) is 11.3 Å². The van der Waals surface area contributed by atoms with Gasteiger partial charge in [-0.3, -0.25) is 4.72 Å². The Morgan fingerprint density at radius 1 is 1.33 bits per heavy atom. The zero-order chi connectivity index (χ0) is 13.2. The first-order valence-corrected chi connectivity index (χ1v) is 7.67. The van der Waals surface area contributed by atoms with Crippen molar-refractivity contribution in [3.05, 3.63) is 24.3 Å². The molecule has 8 heteroatoms. The summed E-state index contributed by atoms with van der Waals surface area (Å²) in [5.74, 6) is -0.00457. The Bertz CT molecular complexity index is 651. The summed E-state index contributed by atoms with van der Waals surface area (Å²) in [7, 11) is -3.32. The van der Waals surface area contributed by atoms with Gasteiger partial charge in [-0.1, -0.05) is 23.5 Å². The predicted molar refractivity (Wildman–Crippen MR) is 72.8 cm³/mol. The normalized spacial score (nSPS) is 11.4. The van der Waals surface area contributed by atoms with Crippen molar-refractivity contribution in [3.8, 4) is 10.6 Å². The molecule has 96 valence electrons. The second-order valence-electron chi connectivity index (χ2n) is 3.51. The van der Waals surface area contributed by atoms with Crippen molar-refractivity contribution in [2.75, 3.05) is 16.2 Å². The van der Waals surface area contributed by atoms with Crippen molar-refractivity contribution in [2.45, 2.75) is 6.92 Å². The van der Waals surface area contributed by atoms with Crippen LogP contribution in [0.4, 0.5) is 10.8 Å². The van der Waals surface area contributed by atoms with Crippen LogP contribution < -0.4 is 10.5 Å². The smallest absolute Gasteiger partial charge is 0.234 e. The first kappa shape index (κ1) is 12.8. The summed E-state index contributed by atoms with van der Waals surface area (Å²) in [6.45, 7) is 1.56. The van der Waals surface area contributed by atoms with Gasteiger partial charge in [-0.25, -0.2) is 8.42 Å². The van der Waals surface area contributed by atoms with Gasteiger partial charge < -0.3 is 5.73 Å². The summed E-state index contributed by atoms with van der Waals surface area (Å²) in [6.07, 6.45) is 0. The number of para-hydroxylation sites is 1. The maximum Gasteiger partial charge on any atom is 0.234 e. The van der Waals surface area contributed by atoms with Crippen LogP contribution in [0.25, 0.3) is 10.6 Å². The fraction of sp³-hybridized carbons (Fsp3) is 0.200. The van der Waals surface area contributed by atoms with E-state index in [4.69, 9.17) is 5.73 Å². The van der Waals surface area contributed by atoms with E-state index in [-0.39, 0.29) is 10.9 Å². The number of hydrogen-bond donors (Lipinski definition) is 2. The van der Waals surface area contributed by atoms with E-state index < -0.39 is 10.0 Å². The lowest BCUT2D eigenvalue weighted by Gasteiger charge is -2.00. The van der Waals surface area contributed by atoms with Crippen LogP contribution in [0.1, 0.15) is 6.92 Å². The molecule has 0 fully saturated rings. The number of nitrogen functional groups attached to an aromatic ring is 1. The minimum absolute atomic E-state index is 0.00457. The first-order valence-electron chi connectivity index (χ1n) is 5.20. The highest BCUT2D eigenvalue weighted by Crippen LogP contribution is 2.30. The van der Waals surface area contributed by atoms with Crippen molar-refractivity contribution in [1.82, 2.24) is 10.2 Å². The minimum atomic E-state index is -3.32. The van der Waals surface area contributed by atoms with Crippen LogP contribution in [-0.4, -0.2) is 24.4 Å². The van der Waals surface area contributed by atoms with Gasteiger partial charge in [0.2, 0.25) is 15.2 Å². The van der Waals surface area contributed by atoms with Crippen LogP contribution in [-0.2, 0) is 10.0 Å². The number of nitrogens with zero attached hydrogens (tertiary/aromatic N) is 2. The predicted octanol–water partition coefficient (Wildman–Crippen LogP) is 1.55. The Kier molecular flexibility index (Phi) is 3.48. The summed E-state index contributed by atoms with van der Waals surface area (Å²) >= 11 is 1.15. The average Bonchev–Trinajstić information content (AvgIpc) is 2.77. The lowest BCUT2D eigenvalue weighted by atomic mass is 10.2. The van der Waals surface area contributed by atoms with Gasteiger partial charge in [0.1, 0.15) is 0 Å². The molecular formula is C10H12N4O2S2. The maximum absolute atomic E-state index is 11.4. The summed E-state index contributed by atoms with van der Waals surface area (Å²) in [4.78, 5) is 0. The van der Waals surface area contributed by atoms with E-state index in [9.17, 15) is 8.42 Å². The summed E-state index contributed by atoms with van der Waals surface area (Å²) in [5, 5.41) is 8.55. The van der Waals surface area contributed by atoms with Crippen LogP contribution in [0.3, 0.4) is 0 Å². The molecule has 3 N–H and O–H groups in total. The zero-order valence-electron chi connectivity index (χ0n) is 9.62. The number of benzene rings is 1. The highest BCUT2D eigenvalue weighted by molar-refractivity contribution is 7.92. The van der Waals surface area contributed by atoms with Crippen LogP contribution in [0.5, 0.6) is 0 Å². The van der Waals surface area contributed by atoms with Gasteiger partial charge in [-0.2, -0.15) is 0 Å². The number of aromatic nitrogens is 2. The van der Waals surface area contributed by atoms with E-state index in [1.54, 1.807) is 13.0 Å². The molecule has 1 heterocycles. The standard InChI is InChI=1S/C10H12N4O2S2/c1-2-18(15,16)14-10-13-12-9(17-10)7-5-3-4-6-8(7)11/h3-6H,2,11H2,1H3,(H,13,14). The summed E-state index contributed by atoms with van der Waals surface area (Å²) < 4.78 is 25.1. The van der Waals surface area contributed by atoms with E-state index in [0.29, 0.717) is 10.7 Å². The molecule has 0 spiro atoms. The summed E-state index contributed by atoms with van der Waals surface area (Å²) in [6, 6.07) is 7.23. The average molecular weight is 284 g/mol. The molecule has 6 nitrogen and oxygen atoms in total. The molecule has 1 aromatic heterocycles. The third-order valence-corrected chi connectivity index (χ3v) is 4.50. The Balaban J connectivity index is 2.29. The quantitative estimate of drug-likeness (QED) is 0.830. The van der Waals surface area contributed by atoms with Gasteiger partial charge in [0.15, 0.2) is 5.01 Å². The van der Waals surface area contributed by atoms with Crippen molar-refractivity contribution in [1.29, 1.82) is 0 Å². The number of anilines is 2. The molecule has 0 unspecified atom stereocenters. The second-order valence-corrected chi connectivity index (χ2v) is 6.49. The fourth-order valence-corrected chi connectivity index (χ4v) is 2.91. The molecule has 0 aliphatic heterocycles. The highest BCUT2D eigenvalue weighted by Gasteiger charge is 2.13. The SMILES string of the molecule is CCS(=O)(=O)Nc1nnc(-c2ccccc2N)s1. The largest absolute Gasteiger partial charge is 0.398 e. The van der Waals surface area contributed by atoms with Crippen LogP contribution in [0.15, 0.2) is 24.3 Å². The van der Waals surface area contributed by atoms with E-state index >= 15 is 0 Å². The molecule has 0 saturated carbocycles. The minimum Gasteiger partial charge on any atom is -0.398 e. The third kappa shape index (κ3) is 2.77. The zero-order valence-corrected chi connectivity index (χ0v) is 11.3. The number of hydrogen-bond acceptors (Lipinski definition) is 6. The van der Waals surface area contributed by atoms with E-state index in [1.165, 1.54) is 0 Å². The molecule has 2 rings (SSSR count). The van der Waals surface area contributed by atoms with Crippen molar-refractivity contribution >= 4 is 32.2 Å². The molecular weight excluding hydrogens is 272 g/mol. The molecule has 1 aromatic carbocycles. The van der Waals surface area contributed by atoms with Crippen molar-refractivity contribution < 1.29 is 8.42 Å². The Hall–Kier alpha value is -1.67. The second kappa shape index (κ2) is 4.91. The van der Waals surface area contributed by atoms with Crippen LogP contribution >= 0.6 is 11.3 Å². The third-order valence-electron chi connectivity index (χ3n) is 2.24. The number of nitrogens with one attached hydrogen (secondary N) is 1. The van der Waals surface area contributed by atoms with Crippen LogP contribution in [0, 0.1) is 0 Å². The fourth-order valence-electron chi connectivity index (χ4n) is 1.27. The van der Waals surface area contributed by atoms with E-state index in [1.807, 2.05) is 18.2 Å². The monoisotopic (exact) mass is 284 g/mol. The van der Waals surface area contributed by atoms with Crippen LogP contribution in [0.2, 0.25) is 0 Å². The first-order chi connectivity index (χ1) is 8.52. The molecule has 0 aliphatic rings. The van der Waals surface area contributed by atoms with Gasteiger partial charge in [-0.15, -0.1) is 10.2 Å².